The third kappa shape index (κ3) is 5.67. The Kier molecular flexibility index (Phi) is 7.07. The summed E-state index contributed by atoms with van der Waals surface area (Å²) in [5.41, 5.74) is 0. The van der Waals surface area contributed by atoms with Crippen molar-refractivity contribution < 1.29 is 27.9 Å². The number of likely N-dealkylation sites (tertiary alicyclic amines) is 1. The molecule has 0 bridgehead atoms. The second-order valence-electron chi connectivity index (χ2n) is 7.93. The number of amides is 1. The summed E-state index contributed by atoms with van der Waals surface area (Å²) in [5, 5.41) is 12.3. The number of β-amino-alcohol motifs (C(OH)–C–C–N with tert-alkyl or cyclic N) is 1. The zero-order chi connectivity index (χ0) is 19.5. The number of Topliss-reactive ketones (excluding diaryl/α,β-unsaturated/α-hetero) is 1. The average Bonchev–Trinajstić information content (AvgIpc) is 2.56. The third-order valence-corrected chi connectivity index (χ3v) is 5.78. The molecule has 2 N–H and O–H groups in total. The Balaban J connectivity index is 1.78. The van der Waals surface area contributed by atoms with Crippen LogP contribution in [-0.2, 0) is 9.59 Å². The van der Waals surface area contributed by atoms with Gasteiger partial charge in [0.05, 0.1) is 5.92 Å². The Morgan fingerprint density at radius 1 is 1.38 bits per heavy atom. The molecule has 4 unspecified atom stereocenters. The smallest absolute Gasteiger partial charge is 0.384 e. The first-order valence-corrected chi connectivity index (χ1v) is 9.33. The van der Waals surface area contributed by atoms with Crippen LogP contribution in [0.3, 0.4) is 0 Å². The monoisotopic (exact) mass is 378 g/mol. The van der Waals surface area contributed by atoms with Crippen LogP contribution in [0.5, 0.6) is 0 Å². The molecule has 1 aliphatic heterocycles. The molecule has 0 aromatic rings. The van der Waals surface area contributed by atoms with E-state index in [0.717, 1.165) is 6.42 Å². The summed E-state index contributed by atoms with van der Waals surface area (Å²) in [5.74, 6) is -2.10. The first-order valence-electron chi connectivity index (χ1n) is 9.33. The van der Waals surface area contributed by atoms with E-state index in [-0.39, 0.29) is 55.4 Å². The highest BCUT2D eigenvalue weighted by atomic mass is 19.4. The molecular formula is C18H29F3N2O3. The number of hydrogen-bond donors (Lipinski definition) is 2. The van der Waals surface area contributed by atoms with Crippen LogP contribution < -0.4 is 5.32 Å². The molecule has 0 spiro atoms. The topological polar surface area (TPSA) is 69.6 Å². The molecule has 0 aromatic heterocycles. The van der Waals surface area contributed by atoms with Crippen LogP contribution >= 0.6 is 0 Å². The quantitative estimate of drug-likeness (QED) is 0.769. The summed E-state index contributed by atoms with van der Waals surface area (Å²) in [6, 6.07) is -0.161. The number of aliphatic hydroxyl groups excluding tert-OH is 1. The van der Waals surface area contributed by atoms with Gasteiger partial charge in [-0.15, -0.1) is 0 Å². The molecule has 2 fully saturated rings. The van der Waals surface area contributed by atoms with Gasteiger partial charge < -0.3 is 10.4 Å². The van der Waals surface area contributed by atoms with Crippen LogP contribution in [0.1, 0.15) is 45.4 Å². The van der Waals surface area contributed by atoms with Gasteiger partial charge in [0.2, 0.25) is 5.91 Å². The van der Waals surface area contributed by atoms with Crippen LogP contribution in [0, 0.1) is 17.8 Å². The molecule has 0 aromatic carbocycles. The minimum absolute atomic E-state index is 0.0785. The Morgan fingerprint density at radius 2 is 2.08 bits per heavy atom. The number of nitrogens with zero attached hydrogens (tertiary/aromatic N) is 1. The van der Waals surface area contributed by atoms with Gasteiger partial charge in [0.25, 0.3) is 0 Å². The zero-order valence-electron chi connectivity index (χ0n) is 15.4. The van der Waals surface area contributed by atoms with Crippen LogP contribution in [0.2, 0.25) is 0 Å². The van der Waals surface area contributed by atoms with Gasteiger partial charge in [0.1, 0.15) is 6.10 Å². The molecule has 2 aliphatic rings. The first-order chi connectivity index (χ1) is 12.1. The number of hydrogen-bond acceptors (Lipinski definition) is 4. The predicted molar refractivity (Wildman–Crippen MR) is 90.3 cm³/mol. The van der Waals surface area contributed by atoms with Gasteiger partial charge in [-0.3, -0.25) is 14.5 Å². The largest absolute Gasteiger partial charge is 0.391 e. The molecule has 5 nitrogen and oxygen atoms in total. The summed E-state index contributed by atoms with van der Waals surface area (Å²) >= 11 is 0. The number of carbonyl (C=O) groups excluding carboxylic acids is 2. The molecule has 150 valence electrons. The van der Waals surface area contributed by atoms with Crippen molar-refractivity contribution >= 4 is 11.7 Å². The van der Waals surface area contributed by atoms with Gasteiger partial charge in [-0.05, 0) is 32.2 Å². The van der Waals surface area contributed by atoms with E-state index in [1.165, 1.54) is 0 Å². The minimum atomic E-state index is -4.15. The first kappa shape index (κ1) is 21.2. The fourth-order valence-electron chi connectivity index (χ4n) is 4.08. The molecular weight excluding hydrogens is 349 g/mol. The number of aliphatic hydroxyl groups is 1. The van der Waals surface area contributed by atoms with Gasteiger partial charge in [0, 0.05) is 31.5 Å². The molecule has 1 saturated heterocycles. The van der Waals surface area contributed by atoms with E-state index in [2.05, 4.69) is 5.32 Å². The molecule has 8 heteroatoms. The van der Waals surface area contributed by atoms with Crippen molar-refractivity contribution in [3.63, 3.8) is 0 Å². The highest BCUT2D eigenvalue weighted by molar-refractivity contribution is 5.84. The highest BCUT2D eigenvalue weighted by Crippen LogP contribution is 2.41. The van der Waals surface area contributed by atoms with E-state index >= 15 is 0 Å². The third-order valence-electron chi connectivity index (χ3n) is 5.78. The van der Waals surface area contributed by atoms with E-state index in [9.17, 15) is 27.9 Å². The number of piperidine rings is 1. The van der Waals surface area contributed by atoms with E-state index in [4.69, 9.17) is 0 Å². The molecule has 1 amide bonds. The van der Waals surface area contributed by atoms with Crippen molar-refractivity contribution in [2.24, 2.45) is 17.8 Å². The Bertz CT molecular complexity index is 512. The second-order valence-corrected chi connectivity index (χ2v) is 7.93. The van der Waals surface area contributed by atoms with Crippen molar-refractivity contribution in [3.05, 3.63) is 0 Å². The lowest BCUT2D eigenvalue weighted by atomic mass is 9.77. The average molecular weight is 378 g/mol. The molecule has 1 saturated carbocycles. The van der Waals surface area contributed by atoms with Gasteiger partial charge >= 0.3 is 6.18 Å². The van der Waals surface area contributed by atoms with Crippen LogP contribution in [-0.4, -0.2) is 60.2 Å². The van der Waals surface area contributed by atoms with Crippen LogP contribution in [0.4, 0.5) is 13.2 Å². The van der Waals surface area contributed by atoms with E-state index in [0.29, 0.717) is 19.4 Å². The molecule has 1 heterocycles. The Morgan fingerprint density at radius 3 is 2.73 bits per heavy atom. The lowest BCUT2D eigenvalue weighted by Gasteiger charge is -2.34. The fraction of sp³-hybridized carbons (Fsp3) is 0.889. The zero-order valence-corrected chi connectivity index (χ0v) is 15.4. The fourth-order valence-corrected chi connectivity index (χ4v) is 4.08. The SMILES string of the molecule is C[C@@H](CC1CCCC(C(F)(F)F)C1)C(=O)NCC1CC(=O)C(O)CN1C. The summed E-state index contributed by atoms with van der Waals surface area (Å²) in [7, 11) is 1.79. The molecule has 2 rings (SSSR count). The van der Waals surface area contributed by atoms with Gasteiger partial charge in [-0.1, -0.05) is 19.8 Å². The Labute approximate surface area is 152 Å². The Hall–Kier alpha value is -1.15. The standard InChI is InChI=1S/C18H29F3N2O3/c1-11(6-12-4-3-5-13(7-12)18(19,20)21)17(26)22-9-14-8-15(24)16(25)10-23(14)2/h11-14,16,25H,3-10H2,1-2H3,(H,22,26)/t11-,12?,13?,14?,16?/m0/s1. The van der Waals surface area contributed by atoms with Crippen LogP contribution in [0.15, 0.2) is 0 Å². The van der Waals surface area contributed by atoms with Crippen LogP contribution in [0.25, 0.3) is 0 Å². The molecule has 5 atom stereocenters. The molecule has 26 heavy (non-hydrogen) atoms. The van der Waals surface area contributed by atoms with Crippen molar-refractivity contribution in [1.29, 1.82) is 0 Å². The van der Waals surface area contributed by atoms with Crippen molar-refractivity contribution in [2.45, 2.75) is 63.8 Å². The summed E-state index contributed by atoms with van der Waals surface area (Å²) in [6.07, 6.45) is -2.89. The maximum absolute atomic E-state index is 12.9. The predicted octanol–water partition coefficient (Wildman–Crippen LogP) is 2.13. The number of carbonyl (C=O) groups is 2. The highest BCUT2D eigenvalue weighted by Gasteiger charge is 2.42. The van der Waals surface area contributed by atoms with Crippen molar-refractivity contribution in [2.75, 3.05) is 20.1 Å². The van der Waals surface area contributed by atoms with Crippen molar-refractivity contribution in [3.8, 4) is 0 Å². The summed E-state index contributed by atoms with van der Waals surface area (Å²) < 4.78 is 38.7. The normalized spacial score (nSPS) is 32.3. The molecule has 1 aliphatic carbocycles. The summed E-state index contributed by atoms with van der Waals surface area (Å²) in [6.45, 7) is 2.29. The minimum Gasteiger partial charge on any atom is -0.384 e. The van der Waals surface area contributed by atoms with E-state index in [1.807, 2.05) is 4.90 Å². The summed E-state index contributed by atoms with van der Waals surface area (Å²) in [4.78, 5) is 25.8. The van der Waals surface area contributed by atoms with Gasteiger partial charge in [-0.25, -0.2) is 0 Å². The second kappa shape index (κ2) is 8.69. The van der Waals surface area contributed by atoms with E-state index in [1.54, 1.807) is 14.0 Å². The van der Waals surface area contributed by atoms with Crippen molar-refractivity contribution in [1.82, 2.24) is 10.2 Å². The number of nitrogens with one attached hydrogen (secondary N) is 1. The number of halogens is 3. The van der Waals surface area contributed by atoms with Gasteiger partial charge in [-0.2, -0.15) is 13.2 Å². The lowest BCUT2D eigenvalue weighted by molar-refractivity contribution is -0.186. The maximum Gasteiger partial charge on any atom is 0.391 e. The van der Waals surface area contributed by atoms with Gasteiger partial charge in [0.15, 0.2) is 5.78 Å². The number of ketones is 1. The maximum atomic E-state index is 12.9. The number of likely N-dealkylation sites (N-methyl/N-ethyl adjacent to an activating group) is 1. The van der Waals surface area contributed by atoms with E-state index < -0.39 is 18.2 Å². The lowest BCUT2D eigenvalue weighted by Crippen LogP contribution is -2.53. The number of rotatable bonds is 5. The number of alkyl halides is 3. The molecule has 0 radical (unpaired) electrons.